The number of morpholine rings is 1. The number of hydrogen-bond acceptors (Lipinski definition) is 6. The second-order valence-electron chi connectivity index (χ2n) is 9.14. The Morgan fingerprint density at radius 1 is 1.00 bits per heavy atom. The van der Waals surface area contributed by atoms with Crippen LogP contribution in [0.1, 0.15) is 46.3 Å². The van der Waals surface area contributed by atoms with Crippen LogP contribution in [0.2, 0.25) is 0 Å². The number of nitrogens with zero attached hydrogens (tertiary/aromatic N) is 2. The molecule has 3 heterocycles. The zero-order valence-electron chi connectivity index (χ0n) is 19.2. The van der Waals surface area contributed by atoms with Crippen LogP contribution in [0, 0.1) is 0 Å². The Morgan fingerprint density at radius 3 is 2.56 bits per heavy atom. The maximum Gasteiger partial charge on any atom is 0.255 e. The first-order chi connectivity index (χ1) is 16.6. The highest BCUT2D eigenvalue weighted by Crippen LogP contribution is 2.32. The van der Waals surface area contributed by atoms with E-state index in [0.29, 0.717) is 37.9 Å². The number of imide groups is 1. The van der Waals surface area contributed by atoms with Gasteiger partial charge in [-0.3, -0.25) is 24.6 Å². The largest absolute Gasteiger partial charge is 0.381 e. The van der Waals surface area contributed by atoms with Gasteiger partial charge in [-0.2, -0.15) is 0 Å². The summed E-state index contributed by atoms with van der Waals surface area (Å²) in [6.07, 6.45) is 1.40. The number of anilines is 1. The third-order valence-electron chi connectivity index (χ3n) is 6.83. The summed E-state index contributed by atoms with van der Waals surface area (Å²) in [6, 6.07) is 13.6. The van der Waals surface area contributed by atoms with Crippen LogP contribution in [0.25, 0.3) is 0 Å². The molecule has 3 amide bonds. The van der Waals surface area contributed by atoms with Gasteiger partial charge in [0, 0.05) is 56.0 Å². The van der Waals surface area contributed by atoms with E-state index in [1.807, 2.05) is 18.2 Å². The molecule has 0 saturated carbocycles. The summed E-state index contributed by atoms with van der Waals surface area (Å²) in [6.45, 7) is 5.47. The van der Waals surface area contributed by atoms with Gasteiger partial charge in [0.05, 0.1) is 13.2 Å². The van der Waals surface area contributed by atoms with Gasteiger partial charge in [0.1, 0.15) is 6.04 Å². The van der Waals surface area contributed by atoms with Gasteiger partial charge in [-0.05, 0) is 36.1 Å². The first-order valence-electron chi connectivity index (χ1n) is 12.0. The van der Waals surface area contributed by atoms with E-state index < -0.39 is 6.04 Å². The van der Waals surface area contributed by atoms with Crippen LogP contribution in [0.5, 0.6) is 0 Å². The Morgan fingerprint density at radius 2 is 1.76 bits per heavy atom. The first-order valence-corrected chi connectivity index (χ1v) is 12.0. The van der Waals surface area contributed by atoms with Gasteiger partial charge in [0.25, 0.3) is 5.91 Å². The summed E-state index contributed by atoms with van der Waals surface area (Å²) in [5.74, 6) is -0.800. The van der Waals surface area contributed by atoms with E-state index in [2.05, 4.69) is 39.8 Å². The molecule has 178 valence electrons. The third-order valence-corrected chi connectivity index (χ3v) is 6.83. The van der Waals surface area contributed by atoms with Crippen LogP contribution < -0.4 is 10.6 Å². The van der Waals surface area contributed by atoms with Crippen molar-refractivity contribution in [2.75, 3.05) is 31.6 Å². The zero-order valence-corrected chi connectivity index (χ0v) is 19.2. The molecule has 0 bridgehead atoms. The monoisotopic (exact) mass is 462 g/mol. The molecule has 0 spiro atoms. The molecule has 0 radical (unpaired) electrons. The van der Waals surface area contributed by atoms with Crippen molar-refractivity contribution in [3.8, 4) is 0 Å². The van der Waals surface area contributed by atoms with Crippen LogP contribution in [0.15, 0.2) is 42.5 Å². The van der Waals surface area contributed by atoms with Crippen LogP contribution in [0.3, 0.4) is 0 Å². The van der Waals surface area contributed by atoms with Crippen molar-refractivity contribution >= 4 is 23.4 Å². The number of rotatable bonds is 6. The van der Waals surface area contributed by atoms with Crippen molar-refractivity contribution in [2.45, 2.75) is 44.9 Å². The molecular formula is C26H30N4O4. The van der Waals surface area contributed by atoms with Crippen molar-refractivity contribution in [1.82, 2.24) is 15.1 Å². The minimum absolute atomic E-state index is 0.152. The topological polar surface area (TPSA) is 91.0 Å². The van der Waals surface area contributed by atoms with Crippen LogP contribution in [-0.2, 0) is 34.0 Å². The Kier molecular flexibility index (Phi) is 6.60. The Bertz CT molecular complexity index is 1080. The maximum atomic E-state index is 13.1. The third kappa shape index (κ3) is 4.83. The molecule has 2 saturated heterocycles. The summed E-state index contributed by atoms with van der Waals surface area (Å²) in [5, 5.41) is 5.89. The molecule has 3 aliphatic rings. The molecule has 0 aromatic heterocycles. The Balaban J connectivity index is 1.24. The molecule has 2 N–H and O–H groups in total. The summed E-state index contributed by atoms with van der Waals surface area (Å²) in [5.41, 5.74) is 4.86. The summed E-state index contributed by atoms with van der Waals surface area (Å²) in [7, 11) is 0. The fourth-order valence-corrected chi connectivity index (χ4v) is 4.92. The summed E-state index contributed by atoms with van der Waals surface area (Å²) >= 11 is 0. The zero-order chi connectivity index (χ0) is 23.5. The lowest BCUT2D eigenvalue weighted by atomic mass is 10.1. The fourth-order valence-electron chi connectivity index (χ4n) is 4.92. The number of hydrogen-bond donors (Lipinski definition) is 2. The van der Waals surface area contributed by atoms with E-state index in [9.17, 15) is 14.4 Å². The van der Waals surface area contributed by atoms with E-state index >= 15 is 0 Å². The summed E-state index contributed by atoms with van der Waals surface area (Å²) in [4.78, 5) is 41.3. The van der Waals surface area contributed by atoms with Gasteiger partial charge in [0.2, 0.25) is 11.8 Å². The quantitative estimate of drug-likeness (QED) is 0.640. The summed E-state index contributed by atoms with van der Waals surface area (Å²) < 4.78 is 5.42. The van der Waals surface area contributed by atoms with E-state index in [4.69, 9.17) is 4.74 Å². The fraction of sp³-hybridized carbons (Fsp3) is 0.423. The van der Waals surface area contributed by atoms with Crippen molar-refractivity contribution in [3.63, 3.8) is 0 Å². The lowest BCUT2D eigenvalue weighted by Crippen LogP contribution is -2.46. The number of ether oxygens (including phenoxy) is 1. The molecule has 0 aliphatic carbocycles. The predicted octanol–water partition coefficient (Wildman–Crippen LogP) is 2.28. The predicted molar refractivity (Wildman–Crippen MR) is 127 cm³/mol. The van der Waals surface area contributed by atoms with Crippen molar-refractivity contribution in [1.29, 1.82) is 0 Å². The second kappa shape index (κ2) is 9.95. The van der Waals surface area contributed by atoms with Gasteiger partial charge in [-0.1, -0.05) is 30.3 Å². The highest BCUT2D eigenvalue weighted by Gasteiger charge is 2.38. The molecule has 5 rings (SSSR count). The molecule has 8 nitrogen and oxygen atoms in total. The van der Waals surface area contributed by atoms with E-state index in [-0.39, 0.29) is 17.7 Å². The number of benzene rings is 2. The van der Waals surface area contributed by atoms with Crippen LogP contribution in [-0.4, -0.2) is 59.9 Å². The molecule has 8 heteroatoms. The van der Waals surface area contributed by atoms with Crippen LogP contribution in [0.4, 0.5) is 5.69 Å². The molecular weight excluding hydrogens is 432 g/mol. The normalized spacial score (nSPS) is 21.2. The second-order valence-corrected chi connectivity index (χ2v) is 9.14. The standard InChI is InChI=1S/C26H30N4O4/c31-24-6-2-5-23(25(32)28-24)30-17-21-20(26(30)33)3-1-4-22(21)27-15-18-7-9-19(10-8-18)16-29-11-13-34-14-12-29/h1,3-4,7-10,23,27H,2,5-6,11-17H2,(H,28,31,32)/t23-/m0/s1. The first kappa shape index (κ1) is 22.6. The number of carbonyl (C=O) groups excluding carboxylic acids is 3. The van der Waals surface area contributed by atoms with E-state index in [1.165, 1.54) is 5.56 Å². The molecule has 2 aromatic rings. The van der Waals surface area contributed by atoms with Gasteiger partial charge in [-0.25, -0.2) is 0 Å². The number of nitrogens with one attached hydrogen (secondary N) is 2. The minimum Gasteiger partial charge on any atom is -0.381 e. The molecule has 0 unspecified atom stereocenters. The molecule has 3 aliphatic heterocycles. The molecule has 1 atom stereocenters. The Labute approximate surface area is 199 Å². The van der Waals surface area contributed by atoms with Crippen molar-refractivity contribution in [2.24, 2.45) is 0 Å². The minimum atomic E-state index is -0.613. The van der Waals surface area contributed by atoms with Gasteiger partial charge < -0.3 is 15.0 Å². The lowest BCUT2D eigenvalue weighted by molar-refractivity contribution is -0.132. The number of amides is 3. The molecule has 34 heavy (non-hydrogen) atoms. The maximum absolute atomic E-state index is 13.1. The average molecular weight is 463 g/mol. The number of fused-ring (bicyclic) bond motifs is 1. The average Bonchev–Trinajstić information content (AvgIpc) is 3.08. The van der Waals surface area contributed by atoms with Crippen molar-refractivity contribution in [3.05, 3.63) is 64.7 Å². The van der Waals surface area contributed by atoms with E-state index in [0.717, 1.165) is 49.7 Å². The number of carbonyl (C=O) groups is 3. The highest BCUT2D eigenvalue weighted by molar-refractivity contribution is 6.05. The molecule has 2 aromatic carbocycles. The van der Waals surface area contributed by atoms with E-state index in [1.54, 1.807) is 4.90 Å². The van der Waals surface area contributed by atoms with Crippen LogP contribution >= 0.6 is 0 Å². The van der Waals surface area contributed by atoms with Gasteiger partial charge in [-0.15, -0.1) is 0 Å². The Hall–Kier alpha value is -3.23. The smallest absolute Gasteiger partial charge is 0.255 e. The van der Waals surface area contributed by atoms with Crippen molar-refractivity contribution < 1.29 is 19.1 Å². The highest BCUT2D eigenvalue weighted by atomic mass is 16.5. The molecule has 2 fully saturated rings. The van der Waals surface area contributed by atoms with Gasteiger partial charge >= 0.3 is 0 Å². The SMILES string of the molecule is O=C1CCC[C@H](N2Cc3c(NCc4ccc(CN5CCOCC5)cc4)cccc3C2=O)C(=O)N1. The van der Waals surface area contributed by atoms with Gasteiger partial charge in [0.15, 0.2) is 0 Å². The lowest BCUT2D eigenvalue weighted by Gasteiger charge is -2.26.